The van der Waals surface area contributed by atoms with Crippen molar-refractivity contribution in [2.75, 3.05) is 5.32 Å². The first-order valence-electron chi connectivity index (χ1n) is 5.54. The van der Waals surface area contributed by atoms with Crippen LogP contribution in [-0.4, -0.2) is 12.1 Å². The molecule has 15 heavy (non-hydrogen) atoms. The quantitative estimate of drug-likeness (QED) is 0.811. The Morgan fingerprint density at radius 3 is 2.67 bits per heavy atom. The fourth-order valence-corrected chi connectivity index (χ4v) is 2.31. The molecule has 1 aliphatic carbocycles. The molecule has 2 atom stereocenters. The smallest absolute Gasteiger partial charge is 0.0637 e. The van der Waals surface area contributed by atoms with E-state index in [1.165, 1.54) is 12.8 Å². The summed E-state index contributed by atoms with van der Waals surface area (Å²) in [5.41, 5.74) is 7.07. The standard InChI is InChI=1S/C12H17ClN2/c13-9-5-1-3-7-11(9)15-12-8-4-2-6-10(12)14/h1,3,5,7,10,12,15H,2,4,6,8,14H2/t10-,12-/m0/s1. The van der Waals surface area contributed by atoms with E-state index >= 15 is 0 Å². The van der Waals surface area contributed by atoms with E-state index in [4.69, 9.17) is 17.3 Å². The molecule has 1 saturated carbocycles. The van der Waals surface area contributed by atoms with Gasteiger partial charge < -0.3 is 11.1 Å². The Labute approximate surface area is 95.8 Å². The third-order valence-electron chi connectivity index (χ3n) is 3.03. The first-order chi connectivity index (χ1) is 7.27. The largest absolute Gasteiger partial charge is 0.380 e. The summed E-state index contributed by atoms with van der Waals surface area (Å²) in [5.74, 6) is 0. The van der Waals surface area contributed by atoms with Crippen molar-refractivity contribution in [2.24, 2.45) is 5.73 Å². The SMILES string of the molecule is N[C@H]1CCCC[C@@H]1Nc1ccccc1Cl. The van der Waals surface area contributed by atoms with Crippen LogP contribution in [0.25, 0.3) is 0 Å². The molecule has 0 saturated heterocycles. The summed E-state index contributed by atoms with van der Waals surface area (Å²) in [7, 11) is 0. The molecule has 3 heteroatoms. The van der Waals surface area contributed by atoms with Gasteiger partial charge in [-0.1, -0.05) is 36.6 Å². The van der Waals surface area contributed by atoms with Crippen molar-refractivity contribution in [3.05, 3.63) is 29.3 Å². The second kappa shape index (κ2) is 4.86. The molecule has 82 valence electrons. The highest BCUT2D eigenvalue weighted by Crippen LogP contribution is 2.25. The van der Waals surface area contributed by atoms with Crippen LogP contribution in [0, 0.1) is 0 Å². The predicted octanol–water partition coefficient (Wildman–Crippen LogP) is 3.02. The Kier molecular flexibility index (Phi) is 3.49. The van der Waals surface area contributed by atoms with Gasteiger partial charge in [0.1, 0.15) is 0 Å². The zero-order chi connectivity index (χ0) is 10.7. The summed E-state index contributed by atoms with van der Waals surface area (Å²) in [5, 5.41) is 4.22. The molecule has 2 rings (SSSR count). The molecule has 1 aromatic carbocycles. The Morgan fingerprint density at radius 2 is 1.93 bits per heavy atom. The maximum atomic E-state index is 6.09. The van der Waals surface area contributed by atoms with E-state index in [-0.39, 0.29) is 6.04 Å². The minimum absolute atomic E-state index is 0.259. The van der Waals surface area contributed by atoms with Gasteiger partial charge in [-0.2, -0.15) is 0 Å². The summed E-state index contributed by atoms with van der Waals surface area (Å²) >= 11 is 6.09. The zero-order valence-corrected chi connectivity index (χ0v) is 9.50. The van der Waals surface area contributed by atoms with E-state index in [0.717, 1.165) is 23.6 Å². The van der Waals surface area contributed by atoms with E-state index in [2.05, 4.69) is 5.32 Å². The van der Waals surface area contributed by atoms with E-state index in [0.29, 0.717) is 6.04 Å². The van der Waals surface area contributed by atoms with Crippen LogP contribution in [0.2, 0.25) is 5.02 Å². The van der Waals surface area contributed by atoms with Gasteiger partial charge in [0.25, 0.3) is 0 Å². The van der Waals surface area contributed by atoms with Gasteiger partial charge in [-0.25, -0.2) is 0 Å². The first-order valence-corrected chi connectivity index (χ1v) is 5.92. The van der Waals surface area contributed by atoms with Gasteiger partial charge in [0.15, 0.2) is 0 Å². The topological polar surface area (TPSA) is 38.0 Å². The van der Waals surface area contributed by atoms with Gasteiger partial charge in [-0.05, 0) is 25.0 Å². The van der Waals surface area contributed by atoms with Gasteiger partial charge in [0.05, 0.1) is 10.7 Å². The van der Waals surface area contributed by atoms with E-state index in [9.17, 15) is 0 Å². The third-order valence-corrected chi connectivity index (χ3v) is 3.36. The van der Waals surface area contributed by atoms with Gasteiger partial charge >= 0.3 is 0 Å². The minimum atomic E-state index is 0.259. The molecule has 0 amide bonds. The van der Waals surface area contributed by atoms with Crippen LogP contribution in [0.1, 0.15) is 25.7 Å². The van der Waals surface area contributed by atoms with Crippen molar-refractivity contribution in [1.29, 1.82) is 0 Å². The monoisotopic (exact) mass is 224 g/mol. The van der Waals surface area contributed by atoms with E-state index in [1.54, 1.807) is 0 Å². The lowest BCUT2D eigenvalue weighted by atomic mass is 9.91. The average Bonchev–Trinajstić information content (AvgIpc) is 2.24. The number of hydrogen-bond acceptors (Lipinski definition) is 2. The molecule has 0 aliphatic heterocycles. The molecule has 3 N–H and O–H groups in total. The van der Waals surface area contributed by atoms with Crippen LogP contribution in [-0.2, 0) is 0 Å². The van der Waals surface area contributed by atoms with E-state index in [1.807, 2.05) is 24.3 Å². The molecule has 0 bridgehead atoms. The lowest BCUT2D eigenvalue weighted by Gasteiger charge is -2.30. The van der Waals surface area contributed by atoms with Crippen LogP contribution in [0.5, 0.6) is 0 Å². The number of halogens is 1. The fraction of sp³-hybridized carbons (Fsp3) is 0.500. The van der Waals surface area contributed by atoms with Crippen molar-refractivity contribution in [2.45, 2.75) is 37.8 Å². The fourth-order valence-electron chi connectivity index (χ4n) is 2.12. The molecule has 0 aromatic heterocycles. The highest BCUT2D eigenvalue weighted by Gasteiger charge is 2.21. The lowest BCUT2D eigenvalue weighted by molar-refractivity contribution is 0.404. The van der Waals surface area contributed by atoms with Crippen molar-refractivity contribution in [3.63, 3.8) is 0 Å². The number of benzene rings is 1. The Bertz CT molecular complexity index is 327. The number of para-hydroxylation sites is 1. The highest BCUT2D eigenvalue weighted by atomic mass is 35.5. The molecule has 0 heterocycles. The lowest BCUT2D eigenvalue weighted by Crippen LogP contribution is -2.42. The van der Waals surface area contributed by atoms with Crippen LogP contribution in [0.3, 0.4) is 0 Å². The Hall–Kier alpha value is -0.730. The zero-order valence-electron chi connectivity index (χ0n) is 8.75. The molecular formula is C12H17ClN2. The third kappa shape index (κ3) is 2.64. The van der Waals surface area contributed by atoms with Crippen LogP contribution >= 0.6 is 11.6 Å². The summed E-state index contributed by atoms with van der Waals surface area (Å²) < 4.78 is 0. The summed E-state index contributed by atoms with van der Waals surface area (Å²) in [6.45, 7) is 0. The molecule has 1 fully saturated rings. The van der Waals surface area contributed by atoms with Crippen LogP contribution in [0.4, 0.5) is 5.69 Å². The molecule has 1 aliphatic rings. The Morgan fingerprint density at radius 1 is 1.20 bits per heavy atom. The maximum Gasteiger partial charge on any atom is 0.0637 e. The number of anilines is 1. The van der Waals surface area contributed by atoms with Crippen molar-refractivity contribution < 1.29 is 0 Å². The minimum Gasteiger partial charge on any atom is -0.380 e. The van der Waals surface area contributed by atoms with Gasteiger partial charge in [0.2, 0.25) is 0 Å². The number of nitrogens with one attached hydrogen (secondary N) is 1. The number of rotatable bonds is 2. The van der Waals surface area contributed by atoms with Crippen molar-refractivity contribution in [1.82, 2.24) is 0 Å². The summed E-state index contributed by atoms with van der Waals surface area (Å²) in [6, 6.07) is 8.47. The normalized spacial score (nSPS) is 26.3. The maximum absolute atomic E-state index is 6.09. The molecule has 2 nitrogen and oxygen atoms in total. The molecule has 0 unspecified atom stereocenters. The average molecular weight is 225 g/mol. The number of hydrogen-bond donors (Lipinski definition) is 2. The van der Waals surface area contributed by atoms with E-state index < -0.39 is 0 Å². The summed E-state index contributed by atoms with van der Waals surface area (Å²) in [4.78, 5) is 0. The van der Waals surface area contributed by atoms with Crippen LogP contribution < -0.4 is 11.1 Å². The van der Waals surface area contributed by atoms with Gasteiger partial charge in [-0.3, -0.25) is 0 Å². The second-order valence-electron chi connectivity index (χ2n) is 4.18. The van der Waals surface area contributed by atoms with Crippen molar-refractivity contribution >= 4 is 17.3 Å². The molecular weight excluding hydrogens is 208 g/mol. The molecule has 1 aromatic rings. The first kappa shape index (κ1) is 10.8. The van der Waals surface area contributed by atoms with Gasteiger partial charge in [0, 0.05) is 12.1 Å². The van der Waals surface area contributed by atoms with Crippen molar-refractivity contribution in [3.8, 4) is 0 Å². The molecule has 0 spiro atoms. The predicted molar refractivity (Wildman–Crippen MR) is 65.3 cm³/mol. The number of nitrogens with two attached hydrogens (primary N) is 1. The molecule has 0 radical (unpaired) electrons. The highest BCUT2D eigenvalue weighted by molar-refractivity contribution is 6.33. The van der Waals surface area contributed by atoms with Crippen LogP contribution in [0.15, 0.2) is 24.3 Å². The van der Waals surface area contributed by atoms with Gasteiger partial charge in [-0.15, -0.1) is 0 Å². The Balaban J connectivity index is 2.04. The second-order valence-corrected chi connectivity index (χ2v) is 4.59. The summed E-state index contributed by atoms with van der Waals surface area (Å²) in [6.07, 6.45) is 4.77.